The number of rotatable bonds is 3. The van der Waals surface area contributed by atoms with Crippen LogP contribution >= 0.6 is 0 Å². The summed E-state index contributed by atoms with van der Waals surface area (Å²) >= 11 is 0. The van der Waals surface area contributed by atoms with E-state index in [9.17, 15) is 9.59 Å². The van der Waals surface area contributed by atoms with Crippen molar-refractivity contribution in [1.82, 2.24) is 24.9 Å². The van der Waals surface area contributed by atoms with Crippen LogP contribution in [-0.2, 0) is 0 Å². The van der Waals surface area contributed by atoms with Crippen molar-refractivity contribution in [2.24, 2.45) is 0 Å². The second-order valence-electron chi connectivity index (χ2n) is 6.91. The van der Waals surface area contributed by atoms with E-state index in [1.807, 2.05) is 14.7 Å². The highest BCUT2D eigenvalue weighted by molar-refractivity contribution is 5.85. The van der Waals surface area contributed by atoms with Gasteiger partial charge in [0.05, 0.1) is 13.3 Å². The zero-order valence-electron chi connectivity index (χ0n) is 13.2. The molecule has 7 nitrogen and oxygen atoms in total. The lowest BCUT2D eigenvalue weighted by Gasteiger charge is -2.41. The Hall–Kier alpha value is -1.50. The SMILES string of the molecule is CCCN1CN2C(=O)NC3C2N(C1)C(=O)N3C1CCCCC1. The third kappa shape index (κ3) is 1.98. The van der Waals surface area contributed by atoms with Gasteiger partial charge in [-0.3, -0.25) is 19.6 Å². The van der Waals surface area contributed by atoms with Crippen LogP contribution in [0.4, 0.5) is 9.59 Å². The van der Waals surface area contributed by atoms with Crippen molar-refractivity contribution in [2.75, 3.05) is 19.9 Å². The maximum atomic E-state index is 12.9. The van der Waals surface area contributed by atoms with Gasteiger partial charge < -0.3 is 5.32 Å². The zero-order valence-corrected chi connectivity index (χ0v) is 13.2. The van der Waals surface area contributed by atoms with E-state index < -0.39 is 0 Å². The highest BCUT2D eigenvalue weighted by Gasteiger charge is 2.58. The minimum atomic E-state index is -0.160. The molecule has 0 aromatic rings. The van der Waals surface area contributed by atoms with E-state index in [0.717, 1.165) is 25.8 Å². The van der Waals surface area contributed by atoms with Gasteiger partial charge in [-0.25, -0.2) is 9.59 Å². The second kappa shape index (κ2) is 5.30. The van der Waals surface area contributed by atoms with E-state index in [1.165, 1.54) is 19.3 Å². The fraction of sp³-hybridized carbons (Fsp3) is 0.867. The monoisotopic (exact) mass is 307 g/mol. The van der Waals surface area contributed by atoms with Crippen LogP contribution in [0.1, 0.15) is 45.4 Å². The molecule has 0 radical (unpaired) electrons. The Morgan fingerprint density at radius 3 is 2.55 bits per heavy atom. The van der Waals surface area contributed by atoms with Crippen molar-refractivity contribution in [3.05, 3.63) is 0 Å². The van der Waals surface area contributed by atoms with E-state index in [4.69, 9.17) is 0 Å². The molecule has 2 unspecified atom stereocenters. The summed E-state index contributed by atoms with van der Waals surface area (Å²) in [7, 11) is 0. The first-order valence-corrected chi connectivity index (χ1v) is 8.59. The molecule has 3 aliphatic heterocycles. The molecule has 4 fully saturated rings. The Morgan fingerprint density at radius 2 is 1.82 bits per heavy atom. The Labute approximate surface area is 131 Å². The molecule has 7 heteroatoms. The van der Waals surface area contributed by atoms with Crippen LogP contribution in [0, 0.1) is 0 Å². The quantitative estimate of drug-likeness (QED) is 0.857. The maximum Gasteiger partial charge on any atom is 0.324 e. The van der Waals surface area contributed by atoms with Crippen LogP contribution in [0.15, 0.2) is 0 Å². The normalized spacial score (nSPS) is 32.7. The summed E-state index contributed by atoms with van der Waals surface area (Å²) in [5.41, 5.74) is 0. The molecule has 22 heavy (non-hydrogen) atoms. The molecule has 1 saturated carbocycles. The van der Waals surface area contributed by atoms with E-state index >= 15 is 0 Å². The van der Waals surface area contributed by atoms with Gasteiger partial charge in [-0.1, -0.05) is 26.2 Å². The van der Waals surface area contributed by atoms with Gasteiger partial charge in [-0.05, 0) is 19.3 Å². The maximum absolute atomic E-state index is 12.9. The third-order valence-electron chi connectivity index (χ3n) is 5.43. The fourth-order valence-electron chi connectivity index (χ4n) is 4.47. The lowest BCUT2D eigenvalue weighted by Crippen LogP contribution is -2.59. The number of carbonyl (C=O) groups is 2. The smallest absolute Gasteiger partial charge is 0.314 e. The number of nitrogens with one attached hydrogen (secondary N) is 1. The number of amides is 4. The van der Waals surface area contributed by atoms with Gasteiger partial charge in [0.25, 0.3) is 0 Å². The predicted molar refractivity (Wildman–Crippen MR) is 80.6 cm³/mol. The first-order chi connectivity index (χ1) is 10.7. The first kappa shape index (κ1) is 14.1. The summed E-state index contributed by atoms with van der Waals surface area (Å²) in [6, 6.07) is 0.360. The van der Waals surface area contributed by atoms with Crippen LogP contribution in [-0.4, -0.2) is 69.9 Å². The van der Waals surface area contributed by atoms with Gasteiger partial charge in [0, 0.05) is 12.6 Å². The van der Waals surface area contributed by atoms with Crippen molar-refractivity contribution in [1.29, 1.82) is 0 Å². The molecule has 0 spiro atoms. The average Bonchev–Trinajstić information content (AvgIpc) is 2.99. The molecule has 1 aliphatic carbocycles. The number of carbonyl (C=O) groups excluding carboxylic acids is 2. The van der Waals surface area contributed by atoms with Gasteiger partial charge in [-0.15, -0.1) is 0 Å². The number of hydrogen-bond donors (Lipinski definition) is 1. The molecular weight excluding hydrogens is 282 g/mol. The lowest BCUT2D eigenvalue weighted by atomic mass is 9.94. The largest absolute Gasteiger partial charge is 0.324 e. The van der Waals surface area contributed by atoms with Gasteiger partial charge in [0.1, 0.15) is 6.17 Å². The highest BCUT2D eigenvalue weighted by Crippen LogP contribution is 2.36. The Bertz CT molecular complexity index is 479. The first-order valence-electron chi connectivity index (χ1n) is 8.59. The van der Waals surface area contributed by atoms with E-state index in [0.29, 0.717) is 13.3 Å². The van der Waals surface area contributed by atoms with Gasteiger partial charge in [0.15, 0.2) is 6.17 Å². The Balaban J connectivity index is 1.60. The van der Waals surface area contributed by atoms with Crippen LogP contribution < -0.4 is 5.32 Å². The molecule has 0 aromatic heterocycles. The molecule has 3 saturated heterocycles. The number of urea groups is 2. The zero-order chi connectivity index (χ0) is 15.3. The van der Waals surface area contributed by atoms with Crippen molar-refractivity contribution in [3.8, 4) is 0 Å². The van der Waals surface area contributed by atoms with Gasteiger partial charge >= 0.3 is 12.1 Å². The topological polar surface area (TPSA) is 59.1 Å². The van der Waals surface area contributed by atoms with Crippen molar-refractivity contribution >= 4 is 12.1 Å². The van der Waals surface area contributed by atoms with Gasteiger partial charge in [-0.2, -0.15) is 0 Å². The van der Waals surface area contributed by atoms with E-state index in [1.54, 1.807) is 0 Å². The van der Waals surface area contributed by atoms with Crippen molar-refractivity contribution < 1.29 is 9.59 Å². The molecular formula is C15H25N5O2. The number of nitrogens with zero attached hydrogens (tertiary/aromatic N) is 4. The molecule has 4 aliphatic rings. The molecule has 0 aromatic carbocycles. The second-order valence-corrected chi connectivity index (χ2v) is 6.91. The molecule has 4 rings (SSSR count). The molecule has 2 atom stereocenters. The summed E-state index contributed by atoms with van der Waals surface area (Å²) in [4.78, 5) is 33.1. The predicted octanol–water partition coefficient (Wildman–Crippen LogP) is 1.37. The van der Waals surface area contributed by atoms with Crippen LogP contribution in [0.3, 0.4) is 0 Å². The average molecular weight is 307 g/mol. The summed E-state index contributed by atoms with van der Waals surface area (Å²) in [6.45, 7) is 4.30. The Kier molecular flexibility index (Phi) is 3.40. The summed E-state index contributed by atoms with van der Waals surface area (Å²) in [5, 5.41) is 3.05. The molecule has 1 N–H and O–H groups in total. The number of hydrogen-bond acceptors (Lipinski definition) is 3. The minimum absolute atomic E-state index is 0.0332. The third-order valence-corrected chi connectivity index (χ3v) is 5.43. The van der Waals surface area contributed by atoms with E-state index in [2.05, 4.69) is 17.1 Å². The summed E-state index contributed by atoms with van der Waals surface area (Å²) in [5.74, 6) is 0. The van der Waals surface area contributed by atoms with Crippen LogP contribution in [0.25, 0.3) is 0 Å². The van der Waals surface area contributed by atoms with E-state index in [-0.39, 0.29) is 30.4 Å². The van der Waals surface area contributed by atoms with Crippen LogP contribution in [0.2, 0.25) is 0 Å². The molecule has 122 valence electrons. The lowest BCUT2D eigenvalue weighted by molar-refractivity contribution is -0.0102. The summed E-state index contributed by atoms with van der Waals surface area (Å²) in [6.07, 6.45) is 6.52. The van der Waals surface area contributed by atoms with Crippen molar-refractivity contribution in [2.45, 2.75) is 63.8 Å². The minimum Gasteiger partial charge on any atom is -0.314 e. The standard InChI is InChI=1S/C15H25N5O2/c1-2-8-17-9-18-13-12(16-14(18)21)20(15(22)19(13)10-17)11-6-4-3-5-7-11/h11-13H,2-10H2,1H3,(H,16,21). The molecule has 3 heterocycles. The van der Waals surface area contributed by atoms with Gasteiger partial charge in [0.2, 0.25) is 0 Å². The molecule has 4 amide bonds. The Morgan fingerprint density at radius 1 is 1.09 bits per heavy atom. The summed E-state index contributed by atoms with van der Waals surface area (Å²) < 4.78 is 0. The fourth-order valence-corrected chi connectivity index (χ4v) is 4.47. The van der Waals surface area contributed by atoms with Crippen molar-refractivity contribution in [3.63, 3.8) is 0 Å². The van der Waals surface area contributed by atoms with Crippen LogP contribution in [0.5, 0.6) is 0 Å². The highest BCUT2D eigenvalue weighted by atomic mass is 16.2. The molecule has 0 bridgehead atoms.